The number of hydrogen-bond acceptors (Lipinski definition) is 6. The first-order valence-corrected chi connectivity index (χ1v) is 15.8. The number of amides is 4. The van der Waals surface area contributed by atoms with Gasteiger partial charge in [-0.2, -0.15) is 0 Å². The van der Waals surface area contributed by atoms with E-state index < -0.39 is 35.1 Å². The summed E-state index contributed by atoms with van der Waals surface area (Å²) in [6, 6.07) is 12.9. The number of ether oxygens (including phenoxy) is 1. The molecule has 4 amide bonds. The highest BCUT2D eigenvalue weighted by Gasteiger charge is 2.43. The van der Waals surface area contributed by atoms with Crippen molar-refractivity contribution in [2.75, 3.05) is 26.7 Å². The van der Waals surface area contributed by atoms with Crippen LogP contribution >= 0.6 is 0 Å². The Bertz CT molecular complexity index is 1340. The molecule has 2 aromatic rings. The third-order valence-electron chi connectivity index (χ3n) is 7.99. The Hall–Kier alpha value is -3.99. The minimum atomic E-state index is -0.903. The van der Waals surface area contributed by atoms with Crippen LogP contribution in [0.5, 0.6) is 0 Å². The van der Waals surface area contributed by atoms with Crippen LogP contribution in [-0.4, -0.2) is 90.1 Å². The van der Waals surface area contributed by atoms with Crippen LogP contribution in [0.25, 0.3) is 0 Å². The van der Waals surface area contributed by atoms with Gasteiger partial charge < -0.3 is 25.6 Å². The van der Waals surface area contributed by atoms with Gasteiger partial charge in [-0.05, 0) is 82.3 Å². The van der Waals surface area contributed by atoms with Crippen LogP contribution in [0.15, 0.2) is 54.6 Å². The second-order valence-electron chi connectivity index (χ2n) is 14.1. The Labute approximate surface area is 272 Å². The summed E-state index contributed by atoms with van der Waals surface area (Å²) in [6.45, 7) is 13.8. The number of rotatable bonds is 11. The zero-order chi connectivity index (χ0) is 34.2. The lowest BCUT2D eigenvalue weighted by molar-refractivity contribution is -0.141. The summed E-state index contributed by atoms with van der Waals surface area (Å²) in [5, 5.41) is 9.40. The minimum Gasteiger partial charge on any atom is -0.444 e. The smallest absolute Gasteiger partial charge is 0.410 e. The van der Waals surface area contributed by atoms with Crippen LogP contribution in [-0.2, 0) is 20.7 Å². The predicted molar refractivity (Wildman–Crippen MR) is 176 cm³/mol. The Balaban J connectivity index is 1.75. The third-order valence-corrected chi connectivity index (χ3v) is 7.99. The van der Waals surface area contributed by atoms with E-state index >= 15 is 0 Å². The average Bonchev–Trinajstić information content (AvgIpc) is 3.38. The van der Waals surface area contributed by atoms with Crippen molar-refractivity contribution in [2.45, 2.75) is 91.1 Å². The van der Waals surface area contributed by atoms with Crippen LogP contribution in [0.2, 0.25) is 0 Å². The van der Waals surface area contributed by atoms with Gasteiger partial charge in [-0.25, -0.2) is 9.18 Å². The molecular formula is C35H50FN5O5. The summed E-state index contributed by atoms with van der Waals surface area (Å²) in [7, 11) is 1.49. The third kappa shape index (κ3) is 10.5. The van der Waals surface area contributed by atoms with E-state index in [4.69, 9.17) is 4.74 Å². The fourth-order valence-electron chi connectivity index (χ4n) is 5.24. The molecule has 1 aliphatic heterocycles. The van der Waals surface area contributed by atoms with Crippen molar-refractivity contribution in [2.24, 2.45) is 5.41 Å². The normalized spacial score (nSPS) is 18.0. The van der Waals surface area contributed by atoms with Gasteiger partial charge in [-0.15, -0.1) is 0 Å². The van der Waals surface area contributed by atoms with Crippen LogP contribution in [0.1, 0.15) is 70.8 Å². The molecule has 0 aliphatic carbocycles. The second-order valence-corrected chi connectivity index (χ2v) is 14.1. The maximum atomic E-state index is 14.3. The van der Waals surface area contributed by atoms with Gasteiger partial charge in [-0.3, -0.25) is 19.3 Å². The van der Waals surface area contributed by atoms with E-state index in [-0.39, 0.29) is 36.3 Å². The fourth-order valence-corrected chi connectivity index (χ4v) is 5.24. The Kier molecular flexibility index (Phi) is 12.3. The molecule has 1 aliphatic rings. The summed E-state index contributed by atoms with van der Waals surface area (Å²) in [5.41, 5.74) is 0.130. The number of carbonyl (C=O) groups excluding carboxylic acids is 4. The first kappa shape index (κ1) is 36.5. The Morgan fingerprint density at radius 2 is 1.63 bits per heavy atom. The molecule has 0 saturated carbocycles. The molecule has 46 heavy (non-hydrogen) atoms. The lowest BCUT2D eigenvalue weighted by Crippen LogP contribution is -2.59. The number of halogens is 1. The van der Waals surface area contributed by atoms with Gasteiger partial charge in [0, 0.05) is 37.8 Å². The molecule has 1 fully saturated rings. The van der Waals surface area contributed by atoms with Crippen LogP contribution in [0.3, 0.4) is 0 Å². The molecule has 11 heteroatoms. The van der Waals surface area contributed by atoms with Crippen molar-refractivity contribution in [3.63, 3.8) is 0 Å². The molecule has 10 nitrogen and oxygen atoms in total. The molecule has 0 unspecified atom stereocenters. The first-order valence-electron chi connectivity index (χ1n) is 15.8. The van der Waals surface area contributed by atoms with E-state index in [1.54, 1.807) is 69.0 Å². The molecule has 0 radical (unpaired) electrons. The highest BCUT2D eigenvalue weighted by molar-refractivity contribution is 5.95. The molecule has 3 N–H and O–H groups in total. The number of hydrogen-bond donors (Lipinski definition) is 3. The fraction of sp³-hybridized carbons (Fsp3) is 0.543. The predicted octanol–water partition coefficient (Wildman–Crippen LogP) is 4.14. The Morgan fingerprint density at radius 3 is 2.22 bits per heavy atom. The summed E-state index contributed by atoms with van der Waals surface area (Å²) in [5.74, 6) is -1.26. The molecule has 0 bridgehead atoms. The van der Waals surface area contributed by atoms with Crippen molar-refractivity contribution in [3.8, 4) is 0 Å². The molecular weight excluding hydrogens is 589 g/mol. The monoisotopic (exact) mass is 639 g/mol. The maximum absolute atomic E-state index is 14.3. The zero-order valence-corrected chi connectivity index (χ0v) is 28.4. The van der Waals surface area contributed by atoms with E-state index in [0.29, 0.717) is 31.5 Å². The summed E-state index contributed by atoms with van der Waals surface area (Å²) in [6.07, 6.45) is 0.562. The molecule has 1 saturated heterocycles. The highest BCUT2D eigenvalue weighted by Crippen LogP contribution is 2.26. The van der Waals surface area contributed by atoms with E-state index in [1.165, 1.54) is 24.1 Å². The minimum absolute atomic E-state index is 0.220. The number of carbonyl (C=O) groups is 4. The van der Waals surface area contributed by atoms with E-state index in [2.05, 4.69) is 16.0 Å². The molecule has 0 spiro atoms. The molecule has 1 heterocycles. The van der Waals surface area contributed by atoms with Gasteiger partial charge in [0.25, 0.3) is 5.91 Å². The van der Waals surface area contributed by atoms with Crippen molar-refractivity contribution in [1.82, 2.24) is 25.8 Å². The van der Waals surface area contributed by atoms with Crippen LogP contribution < -0.4 is 16.0 Å². The van der Waals surface area contributed by atoms with Gasteiger partial charge in [0.1, 0.15) is 23.5 Å². The van der Waals surface area contributed by atoms with Crippen LogP contribution in [0.4, 0.5) is 9.18 Å². The van der Waals surface area contributed by atoms with E-state index in [0.717, 1.165) is 5.56 Å². The Morgan fingerprint density at radius 1 is 1.00 bits per heavy atom. The number of likely N-dealkylation sites (N-methyl/N-ethyl adjacent to an activating group) is 1. The van der Waals surface area contributed by atoms with Crippen molar-refractivity contribution < 1.29 is 28.3 Å². The van der Waals surface area contributed by atoms with Crippen molar-refractivity contribution in [1.29, 1.82) is 0 Å². The number of likely N-dealkylation sites (tertiary alicyclic amines) is 1. The number of nitrogens with one attached hydrogen (secondary N) is 3. The van der Waals surface area contributed by atoms with E-state index in [1.807, 2.05) is 26.8 Å². The topological polar surface area (TPSA) is 120 Å². The van der Waals surface area contributed by atoms with Crippen molar-refractivity contribution in [3.05, 3.63) is 71.5 Å². The number of benzene rings is 2. The van der Waals surface area contributed by atoms with Gasteiger partial charge in [0.05, 0.1) is 0 Å². The standard InChI is InChI=1S/C35H50FN5O5/c1-23(40(8)33(45)46-35(5,6)7)30(42)39-29(34(2,3)4)32(44)41-22-27(38-31(43)25-12-10-9-11-13-25)20-28(41)21-37-19-18-24-14-16-26(36)17-15-24/h9-17,23,27-29,37H,18-22H2,1-8H3,(H,38,43)(H,39,42)/t23-,27-,28-,29+/m0/s1. The van der Waals surface area contributed by atoms with E-state index in [9.17, 15) is 23.6 Å². The summed E-state index contributed by atoms with van der Waals surface area (Å²) < 4.78 is 18.7. The largest absolute Gasteiger partial charge is 0.444 e. The van der Waals surface area contributed by atoms with Crippen molar-refractivity contribution >= 4 is 23.8 Å². The van der Waals surface area contributed by atoms with Gasteiger partial charge in [0.15, 0.2) is 0 Å². The summed E-state index contributed by atoms with van der Waals surface area (Å²) >= 11 is 0. The lowest BCUT2D eigenvalue weighted by atomic mass is 9.85. The summed E-state index contributed by atoms with van der Waals surface area (Å²) in [4.78, 5) is 56.2. The highest BCUT2D eigenvalue weighted by atomic mass is 19.1. The second kappa shape index (κ2) is 15.5. The molecule has 2 aromatic carbocycles. The average molecular weight is 640 g/mol. The van der Waals surface area contributed by atoms with Gasteiger partial charge in [-0.1, -0.05) is 51.1 Å². The maximum Gasteiger partial charge on any atom is 0.410 e. The lowest BCUT2D eigenvalue weighted by Gasteiger charge is -2.37. The number of nitrogens with zero attached hydrogens (tertiary/aromatic N) is 2. The SMILES string of the molecule is C[C@@H](C(=O)N[C@H](C(=O)N1C[C@@H](NC(=O)c2ccccc2)C[C@H]1CNCCc1ccc(F)cc1)C(C)(C)C)N(C)C(=O)OC(C)(C)C. The first-order chi connectivity index (χ1) is 21.5. The quantitative estimate of drug-likeness (QED) is 0.318. The van der Waals surface area contributed by atoms with Gasteiger partial charge >= 0.3 is 6.09 Å². The van der Waals surface area contributed by atoms with Crippen LogP contribution in [0, 0.1) is 11.2 Å². The zero-order valence-electron chi connectivity index (χ0n) is 28.4. The molecule has 3 rings (SSSR count). The molecule has 4 atom stereocenters. The van der Waals surface area contributed by atoms with Gasteiger partial charge in [0.2, 0.25) is 11.8 Å². The molecule has 252 valence electrons. The molecule has 0 aromatic heterocycles.